The number of sulfone groups is 1. The van der Waals surface area contributed by atoms with Gasteiger partial charge in [0.05, 0.1) is 10.6 Å². The summed E-state index contributed by atoms with van der Waals surface area (Å²) < 4.78 is 24.7. The minimum Gasteiger partial charge on any atom is -0.288 e. The standard InChI is InChI=1S/C15H20ClNO2S/c1-3-4-5-6-9-17-15-11(2)20(18,19)14-10-12(16)7-8-13(14)15/h7-8,10-11H,3-6,9H2,1-2H3. The van der Waals surface area contributed by atoms with Crippen LogP contribution in [0.15, 0.2) is 28.1 Å². The average molecular weight is 314 g/mol. The third kappa shape index (κ3) is 2.91. The van der Waals surface area contributed by atoms with Crippen molar-refractivity contribution < 1.29 is 8.42 Å². The third-order valence-corrected chi connectivity index (χ3v) is 6.01. The van der Waals surface area contributed by atoms with Gasteiger partial charge in [-0.25, -0.2) is 8.42 Å². The Morgan fingerprint density at radius 2 is 2.00 bits per heavy atom. The smallest absolute Gasteiger partial charge is 0.187 e. The van der Waals surface area contributed by atoms with Crippen molar-refractivity contribution in [3.05, 3.63) is 28.8 Å². The van der Waals surface area contributed by atoms with Crippen LogP contribution in [-0.2, 0) is 9.84 Å². The summed E-state index contributed by atoms with van der Waals surface area (Å²) in [5, 5.41) is -0.120. The second kappa shape index (κ2) is 6.27. The summed E-state index contributed by atoms with van der Waals surface area (Å²) in [7, 11) is -3.32. The number of halogens is 1. The van der Waals surface area contributed by atoms with Crippen LogP contribution in [0.2, 0.25) is 5.02 Å². The molecular formula is C15H20ClNO2S. The number of fused-ring (bicyclic) bond motifs is 1. The average Bonchev–Trinajstić information content (AvgIpc) is 2.59. The van der Waals surface area contributed by atoms with E-state index in [1.165, 1.54) is 18.9 Å². The summed E-state index contributed by atoms with van der Waals surface area (Å²) in [4.78, 5) is 4.86. The molecule has 1 heterocycles. The first-order valence-corrected chi connectivity index (χ1v) is 8.99. The minimum atomic E-state index is -3.32. The normalized spacial score (nSPS) is 22.1. The molecule has 0 saturated heterocycles. The van der Waals surface area contributed by atoms with Gasteiger partial charge in [0.2, 0.25) is 0 Å². The Morgan fingerprint density at radius 1 is 1.25 bits per heavy atom. The number of aliphatic imine (C=N–C) groups is 1. The van der Waals surface area contributed by atoms with Gasteiger partial charge in [0.1, 0.15) is 5.25 Å². The van der Waals surface area contributed by atoms with Crippen molar-refractivity contribution >= 4 is 27.1 Å². The molecule has 0 spiro atoms. The van der Waals surface area contributed by atoms with E-state index in [1.807, 2.05) is 0 Å². The molecule has 3 nitrogen and oxygen atoms in total. The van der Waals surface area contributed by atoms with Crippen LogP contribution in [-0.4, -0.2) is 25.9 Å². The SMILES string of the molecule is CCCCCCN=C1c2ccc(Cl)cc2S(=O)(=O)C1C. The molecule has 0 aliphatic carbocycles. The van der Waals surface area contributed by atoms with Gasteiger partial charge in [0.25, 0.3) is 0 Å². The third-order valence-electron chi connectivity index (χ3n) is 3.67. The Kier molecular flexibility index (Phi) is 4.86. The molecule has 20 heavy (non-hydrogen) atoms. The molecule has 0 amide bonds. The van der Waals surface area contributed by atoms with Crippen molar-refractivity contribution in [1.82, 2.24) is 0 Å². The maximum absolute atomic E-state index is 12.3. The van der Waals surface area contributed by atoms with Gasteiger partial charge < -0.3 is 0 Å². The fourth-order valence-corrected chi connectivity index (χ4v) is 4.33. The fourth-order valence-electron chi connectivity index (χ4n) is 2.45. The first-order chi connectivity index (χ1) is 9.48. The number of rotatable bonds is 5. The lowest BCUT2D eigenvalue weighted by Gasteiger charge is -2.04. The van der Waals surface area contributed by atoms with E-state index < -0.39 is 15.1 Å². The van der Waals surface area contributed by atoms with Crippen LogP contribution < -0.4 is 0 Å². The molecule has 1 aliphatic rings. The molecule has 5 heteroatoms. The zero-order valence-electron chi connectivity index (χ0n) is 11.9. The topological polar surface area (TPSA) is 46.5 Å². The van der Waals surface area contributed by atoms with Gasteiger partial charge in [0.15, 0.2) is 9.84 Å². The zero-order chi connectivity index (χ0) is 14.8. The highest BCUT2D eigenvalue weighted by molar-refractivity contribution is 7.93. The van der Waals surface area contributed by atoms with E-state index in [1.54, 1.807) is 19.1 Å². The lowest BCUT2D eigenvalue weighted by molar-refractivity contribution is 0.595. The summed E-state index contributed by atoms with van der Waals surface area (Å²) >= 11 is 5.90. The van der Waals surface area contributed by atoms with Crippen molar-refractivity contribution in [3.63, 3.8) is 0 Å². The number of nitrogens with zero attached hydrogens (tertiary/aromatic N) is 1. The predicted molar refractivity (Wildman–Crippen MR) is 83.6 cm³/mol. The Hall–Kier alpha value is -0.870. The largest absolute Gasteiger partial charge is 0.288 e. The van der Waals surface area contributed by atoms with Crippen molar-refractivity contribution in [1.29, 1.82) is 0 Å². The second-order valence-electron chi connectivity index (χ2n) is 5.16. The summed E-state index contributed by atoms with van der Waals surface area (Å²) in [6, 6.07) is 5.02. The fraction of sp³-hybridized carbons (Fsp3) is 0.533. The van der Waals surface area contributed by atoms with E-state index in [0.717, 1.165) is 18.4 Å². The Morgan fingerprint density at radius 3 is 2.70 bits per heavy atom. The van der Waals surface area contributed by atoms with Crippen LogP contribution in [0, 0.1) is 0 Å². The summed E-state index contributed by atoms with van der Waals surface area (Å²) in [6.45, 7) is 4.56. The molecule has 110 valence electrons. The Labute approximate surface area is 126 Å². The van der Waals surface area contributed by atoms with E-state index in [2.05, 4.69) is 11.9 Å². The summed E-state index contributed by atoms with van der Waals surface area (Å²) in [5.74, 6) is 0. The molecule has 1 aromatic carbocycles. The highest BCUT2D eigenvalue weighted by Crippen LogP contribution is 2.33. The quantitative estimate of drug-likeness (QED) is 0.774. The molecule has 0 saturated carbocycles. The van der Waals surface area contributed by atoms with Crippen molar-refractivity contribution in [2.75, 3.05) is 6.54 Å². The molecule has 2 rings (SSSR count). The second-order valence-corrected chi connectivity index (χ2v) is 7.83. The van der Waals surface area contributed by atoms with E-state index in [-0.39, 0.29) is 0 Å². The van der Waals surface area contributed by atoms with Crippen LogP contribution in [0.3, 0.4) is 0 Å². The molecule has 1 aromatic rings. The maximum Gasteiger partial charge on any atom is 0.187 e. The van der Waals surface area contributed by atoms with Gasteiger partial charge >= 0.3 is 0 Å². The van der Waals surface area contributed by atoms with Gasteiger partial charge in [-0.3, -0.25) is 4.99 Å². The van der Waals surface area contributed by atoms with E-state index in [9.17, 15) is 8.42 Å². The Bertz CT molecular complexity index is 623. The number of benzene rings is 1. The molecule has 1 unspecified atom stereocenters. The molecule has 1 atom stereocenters. The van der Waals surface area contributed by atoms with Crippen LogP contribution in [0.25, 0.3) is 0 Å². The van der Waals surface area contributed by atoms with Crippen LogP contribution in [0.4, 0.5) is 0 Å². The highest BCUT2D eigenvalue weighted by atomic mass is 35.5. The Balaban J connectivity index is 2.26. The van der Waals surface area contributed by atoms with Crippen LogP contribution >= 0.6 is 11.6 Å². The van der Waals surface area contributed by atoms with Crippen molar-refractivity contribution in [2.45, 2.75) is 49.7 Å². The van der Waals surface area contributed by atoms with Crippen molar-refractivity contribution in [3.8, 4) is 0 Å². The highest BCUT2D eigenvalue weighted by Gasteiger charge is 2.39. The van der Waals surface area contributed by atoms with E-state index in [0.29, 0.717) is 22.2 Å². The van der Waals surface area contributed by atoms with E-state index in [4.69, 9.17) is 11.6 Å². The molecule has 0 radical (unpaired) electrons. The number of hydrogen-bond donors (Lipinski definition) is 0. The molecule has 0 bridgehead atoms. The van der Waals surface area contributed by atoms with Gasteiger partial charge in [-0.05, 0) is 25.5 Å². The summed E-state index contributed by atoms with van der Waals surface area (Å²) in [5.41, 5.74) is 1.41. The molecule has 0 N–H and O–H groups in total. The monoisotopic (exact) mass is 313 g/mol. The van der Waals surface area contributed by atoms with Gasteiger partial charge in [-0.2, -0.15) is 0 Å². The van der Waals surface area contributed by atoms with Crippen LogP contribution in [0.1, 0.15) is 45.1 Å². The molecule has 1 aliphatic heterocycles. The molecule has 0 fully saturated rings. The molecular weight excluding hydrogens is 294 g/mol. The van der Waals surface area contributed by atoms with Crippen LogP contribution in [0.5, 0.6) is 0 Å². The molecule has 0 aromatic heterocycles. The van der Waals surface area contributed by atoms with Gasteiger partial charge in [-0.1, -0.05) is 43.9 Å². The lowest BCUT2D eigenvalue weighted by atomic mass is 10.1. The van der Waals surface area contributed by atoms with E-state index >= 15 is 0 Å². The van der Waals surface area contributed by atoms with Gasteiger partial charge in [0, 0.05) is 17.1 Å². The van der Waals surface area contributed by atoms with Crippen molar-refractivity contribution in [2.24, 2.45) is 4.99 Å². The minimum absolute atomic E-state index is 0.324. The van der Waals surface area contributed by atoms with Gasteiger partial charge in [-0.15, -0.1) is 0 Å². The lowest BCUT2D eigenvalue weighted by Crippen LogP contribution is -2.19. The zero-order valence-corrected chi connectivity index (χ0v) is 13.5. The first kappa shape index (κ1) is 15.5. The first-order valence-electron chi connectivity index (χ1n) is 7.06. The predicted octanol–water partition coefficient (Wildman–Crippen LogP) is 3.89. The maximum atomic E-state index is 12.3. The summed E-state index contributed by atoms with van der Waals surface area (Å²) in [6.07, 6.45) is 4.53. The number of unbranched alkanes of at least 4 members (excludes halogenated alkanes) is 3. The number of hydrogen-bond acceptors (Lipinski definition) is 3.